The second-order valence-electron chi connectivity index (χ2n) is 5.34. The molecule has 2 rings (SSSR count). The summed E-state index contributed by atoms with van der Waals surface area (Å²) in [5.41, 5.74) is 3.58. The van der Waals surface area contributed by atoms with E-state index in [0.717, 1.165) is 41.5 Å². The van der Waals surface area contributed by atoms with Gasteiger partial charge in [0, 0.05) is 17.5 Å². The van der Waals surface area contributed by atoms with Crippen LogP contribution in [0.2, 0.25) is 0 Å². The average molecular weight is 220 g/mol. The number of aryl methyl sites for hydroxylation is 2. The van der Waals surface area contributed by atoms with E-state index in [1.165, 1.54) is 12.0 Å². The average Bonchev–Trinajstić information content (AvgIpc) is 2.21. The molecule has 1 aliphatic heterocycles. The first-order chi connectivity index (χ1) is 7.56. The number of phenols is 1. The molecule has 0 radical (unpaired) electrons. The van der Waals surface area contributed by atoms with Gasteiger partial charge in [-0.1, -0.05) is 25.5 Å². The van der Waals surface area contributed by atoms with Crippen LogP contribution >= 0.6 is 0 Å². The van der Waals surface area contributed by atoms with Crippen molar-refractivity contribution in [2.45, 2.75) is 32.6 Å². The van der Waals surface area contributed by atoms with Gasteiger partial charge in [0.05, 0.1) is 20.6 Å². The zero-order chi connectivity index (χ0) is 11.8. The Morgan fingerprint density at radius 1 is 1.31 bits per heavy atom. The van der Waals surface area contributed by atoms with E-state index in [1.807, 2.05) is 0 Å². The SMILES string of the molecule is CCCc1ccc2c(c1O)[N+](C)(C)CCC2. The van der Waals surface area contributed by atoms with Crippen LogP contribution in [0.15, 0.2) is 12.1 Å². The van der Waals surface area contributed by atoms with Crippen LogP contribution in [-0.4, -0.2) is 25.7 Å². The molecule has 1 N–H and O–H groups in total. The maximum Gasteiger partial charge on any atom is 0.180 e. The molecule has 0 atom stereocenters. The summed E-state index contributed by atoms with van der Waals surface area (Å²) < 4.78 is 0.818. The fourth-order valence-electron chi connectivity index (χ4n) is 2.79. The van der Waals surface area contributed by atoms with Crippen molar-refractivity contribution in [1.82, 2.24) is 4.48 Å². The summed E-state index contributed by atoms with van der Waals surface area (Å²) in [6, 6.07) is 4.31. The summed E-state index contributed by atoms with van der Waals surface area (Å²) in [6.45, 7) is 3.27. The van der Waals surface area contributed by atoms with E-state index in [4.69, 9.17) is 0 Å². The highest BCUT2D eigenvalue weighted by Gasteiger charge is 2.31. The first-order valence-corrected chi connectivity index (χ1v) is 6.23. The van der Waals surface area contributed by atoms with E-state index >= 15 is 0 Å². The lowest BCUT2D eigenvalue weighted by atomic mass is 9.95. The molecule has 88 valence electrons. The third-order valence-corrected chi connectivity index (χ3v) is 3.61. The summed E-state index contributed by atoms with van der Waals surface area (Å²) in [5, 5.41) is 10.4. The molecule has 0 spiro atoms. The van der Waals surface area contributed by atoms with Gasteiger partial charge in [0.15, 0.2) is 11.4 Å². The monoisotopic (exact) mass is 220 g/mol. The topological polar surface area (TPSA) is 20.2 Å². The Morgan fingerprint density at radius 3 is 2.75 bits per heavy atom. The van der Waals surface area contributed by atoms with Crippen LogP contribution in [0.25, 0.3) is 0 Å². The molecule has 16 heavy (non-hydrogen) atoms. The van der Waals surface area contributed by atoms with Gasteiger partial charge in [-0.3, -0.25) is 4.48 Å². The quantitative estimate of drug-likeness (QED) is 0.760. The van der Waals surface area contributed by atoms with Crippen LogP contribution in [0.1, 0.15) is 30.9 Å². The number of benzene rings is 1. The highest BCUT2D eigenvalue weighted by atomic mass is 16.3. The van der Waals surface area contributed by atoms with Gasteiger partial charge < -0.3 is 5.11 Å². The highest BCUT2D eigenvalue weighted by Crippen LogP contribution is 2.40. The van der Waals surface area contributed by atoms with Crippen molar-refractivity contribution in [1.29, 1.82) is 0 Å². The molecule has 1 aliphatic rings. The highest BCUT2D eigenvalue weighted by molar-refractivity contribution is 5.64. The van der Waals surface area contributed by atoms with Crippen molar-refractivity contribution < 1.29 is 5.11 Å². The minimum Gasteiger partial charge on any atom is -0.503 e. The molecule has 0 saturated heterocycles. The predicted molar refractivity (Wildman–Crippen MR) is 68.9 cm³/mol. The number of hydrogen-bond acceptors (Lipinski definition) is 1. The Balaban J connectivity index is 2.53. The van der Waals surface area contributed by atoms with E-state index in [2.05, 4.69) is 33.2 Å². The number of hydrogen-bond donors (Lipinski definition) is 1. The van der Waals surface area contributed by atoms with Gasteiger partial charge in [0.2, 0.25) is 0 Å². The number of rotatable bonds is 2. The lowest BCUT2D eigenvalue weighted by Gasteiger charge is -2.35. The standard InChI is InChI=1S/C14H21NO/c1-4-6-12-9-8-11-7-5-10-15(2,3)13(11)14(12)16/h8-9H,4-7,10H2,1-3H3/p+1. The predicted octanol–water partition coefficient (Wildman–Crippen LogP) is 2.86. The van der Waals surface area contributed by atoms with Crippen LogP contribution < -0.4 is 4.48 Å². The number of fused-ring (bicyclic) bond motifs is 1. The molecule has 0 amide bonds. The summed E-state index contributed by atoms with van der Waals surface area (Å²) in [6.07, 6.45) is 4.38. The van der Waals surface area contributed by atoms with Gasteiger partial charge in [0.1, 0.15) is 0 Å². The summed E-state index contributed by atoms with van der Waals surface area (Å²) in [4.78, 5) is 0. The second kappa shape index (κ2) is 4.10. The molecule has 2 heteroatoms. The fourth-order valence-corrected chi connectivity index (χ4v) is 2.79. The third kappa shape index (κ3) is 1.82. The van der Waals surface area contributed by atoms with E-state index < -0.39 is 0 Å². The summed E-state index contributed by atoms with van der Waals surface area (Å²) in [7, 11) is 4.38. The van der Waals surface area contributed by atoms with Gasteiger partial charge in [-0.05, 0) is 12.8 Å². The number of nitrogens with zero attached hydrogens (tertiary/aromatic N) is 1. The molecule has 0 saturated carbocycles. The lowest BCUT2D eigenvalue weighted by Crippen LogP contribution is -2.44. The van der Waals surface area contributed by atoms with Crippen molar-refractivity contribution >= 4 is 5.69 Å². The van der Waals surface area contributed by atoms with Gasteiger partial charge >= 0.3 is 0 Å². The van der Waals surface area contributed by atoms with Crippen molar-refractivity contribution in [3.63, 3.8) is 0 Å². The maximum absolute atomic E-state index is 10.4. The van der Waals surface area contributed by atoms with Crippen LogP contribution in [-0.2, 0) is 12.8 Å². The van der Waals surface area contributed by atoms with Gasteiger partial charge in [-0.25, -0.2) is 0 Å². The smallest absolute Gasteiger partial charge is 0.180 e. The number of phenolic OH excluding ortho intramolecular Hbond substituents is 1. The Kier molecular flexibility index (Phi) is 2.94. The Bertz CT molecular complexity index is 396. The molecule has 1 aromatic rings. The van der Waals surface area contributed by atoms with E-state index in [1.54, 1.807) is 0 Å². The second-order valence-corrected chi connectivity index (χ2v) is 5.34. The minimum absolute atomic E-state index is 0.545. The van der Waals surface area contributed by atoms with Crippen molar-refractivity contribution in [3.05, 3.63) is 23.3 Å². The summed E-state index contributed by atoms with van der Waals surface area (Å²) >= 11 is 0. The normalized spacial score (nSPS) is 18.2. The maximum atomic E-state index is 10.4. The molecule has 0 aliphatic carbocycles. The third-order valence-electron chi connectivity index (χ3n) is 3.61. The fraction of sp³-hybridized carbons (Fsp3) is 0.571. The zero-order valence-corrected chi connectivity index (χ0v) is 10.6. The zero-order valence-electron chi connectivity index (χ0n) is 10.6. The van der Waals surface area contributed by atoms with E-state index in [-0.39, 0.29) is 0 Å². The first-order valence-electron chi connectivity index (χ1n) is 6.23. The largest absolute Gasteiger partial charge is 0.503 e. The molecule has 0 fully saturated rings. The van der Waals surface area contributed by atoms with Crippen LogP contribution in [0.3, 0.4) is 0 Å². The molecule has 0 aromatic heterocycles. The van der Waals surface area contributed by atoms with Gasteiger partial charge in [-0.2, -0.15) is 0 Å². The van der Waals surface area contributed by atoms with Crippen molar-refractivity contribution in [3.8, 4) is 5.75 Å². The molecular weight excluding hydrogens is 198 g/mol. The number of quaternary nitrogens is 1. The van der Waals surface area contributed by atoms with Crippen molar-refractivity contribution in [2.24, 2.45) is 0 Å². The van der Waals surface area contributed by atoms with Gasteiger partial charge in [-0.15, -0.1) is 0 Å². The molecule has 2 nitrogen and oxygen atoms in total. The lowest BCUT2D eigenvalue weighted by molar-refractivity contribution is 0.348. The van der Waals surface area contributed by atoms with E-state index in [9.17, 15) is 5.11 Å². The number of aromatic hydroxyl groups is 1. The minimum atomic E-state index is 0.545. The van der Waals surface area contributed by atoms with E-state index in [0.29, 0.717) is 5.75 Å². The van der Waals surface area contributed by atoms with Gasteiger partial charge in [0.25, 0.3) is 0 Å². The first kappa shape index (κ1) is 11.5. The molecular formula is C14H22NO+. The molecule has 0 unspecified atom stereocenters. The Hall–Kier alpha value is -1.02. The molecule has 0 bridgehead atoms. The van der Waals surface area contributed by atoms with Crippen LogP contribution in [0.4, 0.5) is 5.69 Å². The van der Waals surface area contributed by atoms with Crippen LogP contribution in [0, 0.1) is 0 Å². The molecule has 1 heterocycles. The Morgan fingerprint density at radius 2 is 2.06 bits per heavy atom. The molecule has 1 aromatic carbocycles. The Labute approximate surface area is 98.1 Å². The summed E-state index contributed by atoms with van der Waals surface area (Å²) in [5.74, 6) is 0.545. The van der Waals surface area contributed by atoms with Crippen LogP contribution in [0.5, 0.6) is 5.75 Å². The van der Waals surface area contributed by atoms with Crippen molar-refractivity contribution in [2.75, 3.05) is 20.6 Å².